The summed E-state index contributed by atoms with van der Waals surface area (Å²) in [6, 6.07) is 22.4. The molecule has 1 aliphatic rings. The van der Waals surface area contributed by atoms with Crippen molar-refractivity contribution in [1.29, 1.82) is 10.5 Å². The molecule has 47 heavy (non-hydrogen) atoms. The van der Waals surface area contributed by atoms with Crippen LogP contribution in [-0.2, 0) is 5.54 Å². The molecule has 2 unspecified atom stereocenters. The second-order valence-electron chi connectivity index (χ2n) is 11.4. The van der Waals surface area contributed by atoms with Crippen LogP contribution in [0.2, 0.25) is 0 Å². The van der Waals surface area contributed by atoms with Crippen molar-refractivity contribution in [2.45, 2.75) is 50.0 Å². The Balaban J connectivity index is 1.36. The standard InChI is InChI=1S/C34H26F3N9S/c1-2-26(20-7-4-3-5-8-20)43-30-22(16-39)17-40-29-21(15-38)13-23(14-25(29)30)42-31(24-9-6-10-27-32(24)47-19-41-27)28-18-46(45-44-28)33(11-12-33)34(35,36)37/h3-10,13-14,17-19,26,31,42H,2,11-12H2,1H3,(H,40,43). The van der Waals surface area contributed by atoms with Gasteiger partial charge in [-0.25, -0.2) is 9.67 Å². The maximum Gasteiger partial charge on any atom is 0.413 e. The highest BCUT2D eigenvalue weighted by Gasteiger charge is 2.66. The Bertz CT molecular complexity index is 2190. The Hall–Kier alpha value is -5.53. The van der Waals surface area contributed by atoms with E-state index < -0.39 is 17.8 Å². The van der Waals surface area contributed by atoms with Gasteiger partial charge in [-0.05, 0) is 48.6 Å². The molecule has 2 atom stereocenters. The van der Waals surface area contributed by atoms with E-state index in [1.54, 1.807) is 17.6 Å². The molecular formula is C34H26F3N9S. The van der Waals surface area contributed by atoms with Crippen LogP contribution < -0.4 is 10.6 Å². The zero-order chi connectivity index (χ0) is 32.8. The number of nitrogens with one attached hydrogen (secondary N) is 2. The van der Waals surface area contributed by atoms with E-state index in [-0.39, 0.29) is 30.1 Å². The first-order chi connectivity index (χ1) is 22.8. The molecule has 234 valence electrons. The highest BCUT2D eigenvalue weighted by molar-refractivity contribution is 7.17. The number of alkyl halides is 3. The van der Waals surface area contributed by atoms with Gasteiger partial charge in [-0.1, -0.05) is 54.6 Å². The first-order valence-corrected chi connectivity index (χ1v) is 15.8. The molecule has 2 N–H and O–H groups in total. The van der Waals surface area contributed by atoms with E-state index in [9.17, 15) is 23.7 Å². The Morgan fingerprint density at radius 3 is 2.49 bits per heavy atom. The van der Waals surface area contributed by atoms with Gasteiger partial charge in [-0.3, -0.25) is 4.98 Å². The van der Waals surface area contributed by atoms with E-state index in [0.717, 1.165) is 32.4 Å². The predicted molar refractivity (Wildman–Crippen MR) is 173 cm³/mol. The van der Waals surface area contributed by atoms with Crippen molar-refractivity contribution in [2.75, 3.05) is 10.6 Å². The lowest BCUT2D eigenvalue weighted by atomic mass is 10.00. The van der Waals surface area contributed by atoms with Crippen LogP contribution in [0.15, 0.2) is 78.6 Å². The second kappa shape index (κ2) is 11.7. The molecule has 6 aromatic rings. The van der Waals surface area contributed by atoms with Crippen LogP contribution in [0.5, 0.6) is 0 Å². The lowest BCUT2D eigenvalue weighted by Crippen LogP contribution is -2.35. The minimum atomic E-state index is -4.47. The minimum absolute atomic E-state index is 0.0657. The molecule has 0 bridgehead atoms. The fraction of sp³-hybridized carbons (Fsp3) is 0.235. The van der Waals surface area contributed by atoms with Crippen LogP contribution in [0.4, 0.5) is 24.5 Å². The summed E-state index contributed by atoms with van der Waals surface area (Å²) in [5.74, 6) is 0. The van der Waals surface area contributed by atoms with Crippen LogP contribution in [0.25, 0.3) is 21.1 Å². The lowest BCUT2D eigenvalue weighted by Gasteiger charge is -2.23. The topological polar surface area (TPSA) is 128 Å². The maximum atomic E-state index is 14.0. The highest BCUT2D eigenvalue weighted by atomic mass is 32.1. The molecule has 0 aliphatic heterocycles. The van der Waals surface area contributed by atoms with E-state index in [1.165, 1.54) is 23.7 Å². The molecule has 9 nitrogen and oxygen atoms in total. The number of rotatable bonds is 9. The number of anilines is 2. The van der Waals surface area contributed by atoms with E-state index >= 15 is 0 Å². The van der Waals surface area contributed by atoms with Gasteiger partial charge in [0, 0.05) is 17.3 Å². The molecule has 1 saturated carbocycles. The third-order valence-corrected chi connectivity index (χ3v) is 9.54. The van der Waals surface area contributed by atoms with Crippen molar-refractivity contribution in [3.05, 3.63) is 107 Å². The number of pyridine rings is 1. The molecule has 0 spiro atoms. The van der Waals surface area contributed by atoms with Crippen molar-refractivity contribution in [3.8, 4) is 12.1 Å². The molecular weight excluding hydrogens is 623 g/mol. The molecule has 0 saturated heterocycles. The number of aromatic nitrogens is 5. The Morgan fingerprint density at radius 2 is 1.79 bits per heavy atom. The van der Waals surface area contributed by atoms with E-state index in [2.05, 4.69) is 43.1 Å². The fourth-order valence-electron chi connectivity index (χ4n) is 5.98. The number of hydrogen-bond donors (Lipinski definition) is 2. The predicted octanol–water partition coefficient (Wildman–Crippen LogP) is 8.00. The quantitative estimate of drug-likeness (QED) is 0.161. The molecule has 3 heterocycles. The number of nitriles is 2. The average Bonchev–Trinajstić information content (AvgIpc) is 3.52. The summed E-state index contributed by atoms with van der Waals surface area (Å²) in [7, 11) is 0. The number of thiazole rings is 1. The summed E-state index contributed by atoms with van der Waals surface area (Å²) in [6.07, 6.45) is -1.08. The molecule has 7 rings (SSSR count). The normalized spacial score (nSPS) is 15.1. The summed E-state index contributed by atoms with van der Waals surface area (Å²) in [5.41, 5.74) is 4.42. The van der Waals surface area contributed by atoms with Gasteiger partial charge in [0.05, 0.1) is 56.3 Å². The summed E-state index contributed by atoms with van der Waals surface area (Å²) >= 11 is 1.41. The van der Waals surface area contributed by atoms with Crippen molar-refractivity contribution in [1.82, 2.24) is 25.0 Å². The van der Waals surface area contributed by atoms with Crippen LogP contribution in [-0.4, -0.2) is 31.1 Å². The Morgan fingerprint density at radius 1 is 1.00 bits per heavy atom. The molecule has 1 aliphatic carbocycles. The summed E-state index contributed by atoms with van der Waals surface area (Å²) in [6.45, 7) is 2.04. The third-order valence-electron chi connectivity index (χ3n) is 8.65. The van der Waals surface area contributed by atoms with E-state index in [1.807, 2.05) is 55.5 Å². The number of benzene rings is 3. The zero-order valence-corrected chi connectivity index (χ0v) is 25.8. The van der Waals surface area contributed by atoms with Crippen LogP contribution in [0, 0.1) is 22.7 Å². The number of nitrogens with zero attached hydrogens (tertiary/aromatic N) is 7. The van der Waals surface area contributed by atoms with Gasteiger partial charge in [-0.15, -0.1) is 16.4 Å². The van der Waals surface area contributed by atoms with Gasteiger partial charge in [0.15, 0.2) is 5.54 Å². The lowest BCUT2D eigenvalue weighted by molar-refractivity contribution is -0.182. The molecule has 3 aromatic carbocycles. The second-order valence-corrected chi connectivity index (χ2v) is 12.3. The van der Waals surface area contributed by atoms with Crippen LogP contribution in [0.3, 0.4) is 0 Å². The minimum Gasteiger partial charge on any atom is -0.377 e. The van der Waals surface area contributed by atoms with Gasteiger partial charge in [0.2, 0.25) is 0 Å². The first kappa shape index (κ1) is 30.1. The first-order valence-electron chi connectivity index (χ1n) is 14.9. The summed E-state index contributed by atoms with van der Waals surface area (Å²) in [5, 5.41) is 36.0. The summed E-state index contributed by atoms with van der Waals surface area (Å²) < 4.78 is 43.8. The molecule has 0 radical (unpaired) electrons. The smallest absolute Gasteiger partial charge is 0.377 e. The van der Waals surface area contributed by atoms with Crippen LogP contribution >= 0.6 is 11.3 Å². The van der Waals surface area contributed by atoms with Gasteiger partial charge < -0.3 is 10.6 Å². The highest BCUT2D eigenvalue weighted by Crippen LogP contribution is 2.55. The van der Waals surface area contributed by atoms with Crippen molar-refractivity contribution in [3.63, 3.8) is 0 Å². The molecule has 3 aromatic heterocycles. The number of hydrogen-bond acceptors (Lipinski definition) is 9. The van der Waals surface area contributed by atoms with Crippen molar-refractivity contribution < 1.29 is 13.2 Å². The van der Waals surface area contributed by atoms with Gasteiger partial charge in [0.1, 0.15) is 17.8 Å². The van der Waals surface area contributed by atoms with E-state index in [4.69, 9.17) is 0 Å². The molecule has 0 amide bonds. The number of fused-ring (bicyclic) bond motifs is 2. The average molecular weight is 650 g/mol. The monoisotopic (exact) mass is 649 g/mol. The van der Waals surface area contributed by atoms with Gasteiger partial charge in [-0.2, -0.15) is 23.7 Å². The van der Waals surface area contributed by atoms with Crippen molar-refractivity contribution >= 4 is 43.8 Å². The van der Waals surface area contributed by atoms with E-state index in [0.29, 0.717) is 27.8 Å². The summed E-state index contributed by atoms with van der Waals surface area (Å²) in [4.78, 5) is 8.89. The van der Waals surface area contributed by atoms with Gasteiger partial charge in [0.25, 0.3) is 0 Å². The zero-order valence-electron chi connectivity index (χ0n) is 25.0. The van der Waals surface area contributed by atoms with Gasteiger partial charge >= 0.3 is 6.18 Å². The molecule has 13 heteroatoms. The number of halogens is 3. The Labute approximate surface area is 271 Å². The fourth-order valence-corrected chi connectivity index (χ4v) is 6.82. The molecule has 1 fully saturated rings. The van der Waals surface area contributed by atoms with Crippen molar-refractivity contribution in [2.24, 2.45) is 0 Å². The Kier molecular flexibility index (Phi) is 7.49. The van der Waals surface area contributed by atoms with Crippen LogP contribution in [0.1, 0.15) is 66.2 Å². The maximum absolute atomic E-state index is 14.0. The SMILES string of the molecule is CCC(Nc1c(C#N)cnc2c(C#N)cc(NC(c3cn(C4(C(F)(F)F)CC4)nn3)c3cccc4ncsc34)cc12)c1ccccc1. The largest absolute Gasteiger partial charge is 0.413 e. The third kappa shape index (κ3) is 5.28.